The lowest BCUT2D eigenvalue weighted by molar-refractivity contribution is 0.540. The Hall–Kier alpha value is -2.01. The van der Waals surface area contributed by atoms with Gasteiger partial charge in [0.2, 0.25) is 0 Å². The Kier molecular flexibility index (Phi) is 4.41. The smallest absolute Gasteiger partial charge is 0.271 e. The first-order chi connectivity index (χ1) is 9.26. The highest BCUT2D eigenvalue weighted by atomic mass is 16.1. The van der Waals surface area contributed by atoms with E-state index in [1.165, 1.54) is 4.68 Å². The van der Waals surface area contributed by atoms with Gasteiger partial charge in [-0.15, -0.1) is 0 Å². The van der Waals surface area contributed by atoms with E-state index in [1.807, 2.05) is 18.2 Å². The van der Waals surface area contributed by atoms with Crippen LogP contribution in [0.4, 0.5) is 0 Å². The molecule has 100 valence electrons. The van der Waals surface area contributed by atoms with Gasteiger partial charge >= 0.3 is 0 Å². The molecule has 0 spiro atoms. The summed E-state index contributed by atoms with van der Waals surface area (Å²) in [5.74, 6) is 0. The maximum absolute atomic E-state index is 12.1. The highest BCUT2D eigenvalue weighted by molar-refractivity contribution is 5.53. The second-order valence-electron chi connectivity index (χ2n) is 4.36. The van der Waals surface area contributed by atoms with Crippen LogP contribution < -0.4 is 11.3 Å². The van der Waals surface area contributed by atoms with Crippen LogP contribution in [-0.4, -0.2) is 14.8 Å². The summed E-state index contributed by atoms with van der Waals surface area (Å²) in [5, 5.41) is 4.37. The number of aryl methyl sites for hydroxylation is 1. The van der Waals surface area contributed by atoms with E-state index in [-0.39, 0.29) is 12.1 Å². The van der Waals surface area contributed by atoms with Crippen LogP contribution in [-0.2, 0) is 13.1 Å². The highest BCUT2D eigenvalue weighted by Crippen LogP contribution is 2.12. The van der Waals surface area contributed by atoms with E-state index in [0.29, 0.717) is 17.8 Å². The van der Waals surface area contributed by atoms with Crippen LogP contribution >= 0.6 is 0 Å². The highest BCUT2D eigenvalue weighted by Gasteiger charge is 2.09. The fraction of sp³-hybridized carbons (Fsp3) is 0.357. The van der Waals surface area contributed by atoms with Crippen LogP contribution in [0.25, 0.3) is 11.4 Å². The number of pyridine rings is 1. The van der Waals surface area contributed by atoms with Gasteiger partial charge in [0.25, 0.3) is 5.56 Å². The monoisotopic (exact) mass is 258 g/mol. The van der Waals surface area contributed by atoms with E-state index in [4.69, 9.17) is 5.73 Å². The Balaban J connectivity index is 2.48. The number of rotatable bonds is 5. The predicted octanol–water partition coefficient (Wildman–Crippen LogP) is 1.56. The summed E-state index contributed by atoms with van der Waals surface area (Å²) in [6.45, 7) is 2.91. The van der Waals surface area contributed by atoms with Gasteiger partial charge in [-0.25, -0.2) is 4.68 Å². The normalized spacial score (nSPS) is 10.6. The summed E-state index contributed by atoms with van der Waals surface area (Å²) in [4.78, 5) is 16.3. The Labute approximate surface area is 112 Å². The lowest BCUT2D eigenvalue weighted by atomic mass is 10.2. The SMILES string of the molecule is CCCCn1nc(-c2ccccn2)cc(CN)c1=O. The van der Waals surface area contributed by atoms with E-state index < -0.39 is 0 Å². The van der Waals surface area contributed by atoms with Crippen molar-refractivity contribution in [3.63, 3.8) is 0 Å². The summed E-state index contributed by atoms with van der Waals surface area (Å²) in [6, 6.07) is 7.35. The molecule has 0 saturated heterocycles. The van der Waals surface area contributed by atoms with Gasteiger partial charge in [0.15, 0.2) is 0 Å². The summed E-state index contributed by atoms with van der Waals surface area (Å²) >= 11 is 0. The molecule has 5 nitrogen and oxygen atoms in total. The summed E-state index contributed by atoms with van der Waals surface area (Å²) in [6.07, 6.45) is 3.64. The van der Waals surface area contributed by atoms with Crippen molar-refractivity contribution >= 4 is 0 Å². The van der Waals surface area contributed by atoms with Gasteiger partial charge in [-0.3, -0.25) is 9.78 Å². The zero-order valence-corrected chi connectivity index (χ0v) is 11.0. The van der Waals surface area contributed by atoms with Gasteiger partial charge < -0.3 is 5.73 Å². The standard InChI is InChI=1S/C14H18N4O/c1-2-3-8-18-14(19)11(10-15)9-13(17-18)12-6-4-5-7-16-12/h4-7,9H,2-3,8,10,15H2,1H3. The van der Waals surface area contributed by atoms with E-state index in [1.54, 1.807) is 12.3 Å². The van der Waals surface area contributed by atoms with Gasteiger partial charge in [-0.1, -0.05) is 19.4 Å². The van der Waals surface area contributed by atoms with Crippen LogP contribution in [0, 0.1) is 0 Å². The molecular weight excluding hydrogens is 240 g/mol. The van der Waals surface area contributed by atoms with Gasteiger partial charge in [0.1, 0.15) is 5.69 Å². The second-order valence-corrected chi connectivity index (χ2v) is 4.36. The third-order valence-electron chi connectivity index (χ3n) is 2.92. The van der Waals surface area contributed by atoms with E-state index in [0.717, 1.165) is 18.5 Å². The Bertz CT molecular complexity index is 592. The van der Waals surface area contributed by atoms with E-state index in [9.17, 15) is 4.79 Å². The first-order valence-corrected chi connectivity index (χ1v) is 6.48. The lowest BCUT2D eigenvalue weighted by Crippen LogP contribution is -2.28. The third-order valence-corrected chi connectivity index (χ3v) is 2.92. The Morgan fingerprint density at radius 2 is 2.16 bits per heavy atom. The van der Waals surface area contributed by atoms with Crippen LogP contribution in [0.3, 0.4) is 0 Å². The van der Waals surface area contributed by atoms with Crippen molar-refractivity contribution < 1.29 is 0 Å². The quantitative estimate of drug-likeness (QED) is 0.883. The van der Waals surface area contributed by atoms with Gasteiger partial charge in [-0.2, -0.15) is 5.10 Å². The molecule has 0 aliphatic heterocycles. The number of unbranched alkanes of at least 4 members (excludes halogenated alkanes) is 1. The van der Waals surface area contributed by atoms with Gasteiger partial charge in [0.05, 0.1) is 5.69 Å². The molecule has 2 rings (SSSR count). The maximum Gasteiger partial charge on any atom is 0.271 e. The molecule has 0 atom stereocenters. The topological polar surface area (TPSA) is 73.8 Å². The average Bonchev–Trinajstić information content (AvgIpc) is 2.47. The largest absolute Gasteiger partial charge is 0.326 e. The molecule has 0 aliphatic carbocycles. The molecule has 2 aromatic rings. The first-order valence-electron chi connectivity index (χ1n) is 6.48. The fourth-order valence-electron chi connectivity index (χ4n) is 1.84. The van der Waals surface area contributed by atoms with Crippen LogP contribution in [0.15, 0.2) is 35.3 Å². The molecule has 2 aromatic heterocycles. The van der Waals surface area contributed by atoms with Crippen molar-refractivity contribution in [2.24, 2.45) is 5.73 Å². The van der Waals surface area contributed by atoms with Crippen molar-refractivity contribution in [3.05, 3.63) is 46.4 Å². The molecule has 0 aromatic carbocycles. The van der Waals surface area contributed by atoms with Gasteiger partial charge in [-0.05, 0) is 24.6 Å². The van der Waals surface area contributed by atoms with Crippen LogP contribution in [0.1, 0.15) is 25.3 Å². The molecule has 0 amide bonds. The minimum atomic E-state index is -0.101. The molecule has 0 bridgehead atoms. The Morgan fingerprint density at radius 3 is 2.79 bits per heavy atom. The predicted molar refractivity (Wildman–Crippen MR) is 74.5 cm³/mol. The van der Waals surface area contributed by atoms with E-state index >= 15 is 0 Å². The molecule has 0 radical (unpaired) electrons. The lowest BCUT2D eigenvalue weighted by Gasteiger charge is -2.09. The van der Waals surface area contributed by atoms with Gasteiger partial charge in [0, 0.05) is 24.8 Å². The van der Waals surface area contributed by atoms with Crippen molar-refractivity contribution in [2.45, 2.75) is 32.9 Å². The Morgan fingerprint density at radius 1 is 1.32 bits per heavy atom. The number of aromatic nitrogens is 3. The fourth-order valence-corrected chi connectivity index (χ4v) is 1.84. The van der Waals surface area contributed by atoms with Crippen LogP contribution in [0.2, 0.25) is 0 Å². The molecule has 5 heteroatoms. The van der Waals surface area contributed by atoms with Crippen molar-refractivity contribution in [3.8, 4) is 11.4 Å². The molecule has 0 unspecified atom stereocenters. The number of hydrogen-bond acceptors (Lipinski definition) is 4. The molecule has 2 N–H and O–H groups in total. The molecule has 0 saturated carbocycles. The van der Waals surface area contributed by atoms with Crippen molar-refractivity contribution in [1.82, 2.24) is 14.8 Å². The zero-order valence-electron chi connectivity index (χ0n) is 11.0. The third kappa shape index (κ3) is 3.06. The van der Waals surface area contributed by atoms with Crippen LogP contribution in [0.5, 0.6) is 0 Å². The number of nitrogens with two attached hydrogens (primary N) is 1. The molecule has 19 heavy (non-hydrogen) atoms. The minimum absolute atomic E-state index is 0.101. The minimum Gasteiger partial charge on any atom is -0.326 e. The summed E-state index contributed by atoms with van der Waals surface area (Å²) in [7, 11) is 0. The molecule has 0 aliphatic rings. The maximum atomic E-state index is 12.1. The molecule has 0 fully saturated rings. The second kappa shape index (κ2) is 6.24. The van der Waals surface area contributed by atoms with E-state index in [2.05, 4.69) is 17.0 Å². The zero-order chi connectivity index (χ0) is 13.7. The summed E-state index contributed by atoms with van der Waals surface area (Å²) in [5.41, 5.74) is 7.55. The molecule has 2 heterocycles. The summed E-state index contributed by atoms with van der Waals surface area (Å²) < 4.78 is 1.50. The number of nitrogens with zero attached hydrogens (tertiary/aromatic N) is 3. The number of hydrogen-bond donors (Lipinski definition) is 1. The molecular formula is C14H18N4O. The van der Waals surface area contributed by atoms with Crippen molar-refractivity contribution in [1.29, 1.82) is 0 Å². The van der Waals surface area contributed by atoms with Crippen molar-refractivity contribution in [2.75, 3.05) is 0 Å². The average molecular weight is 258 g/mol. The first kappa shape index (κ1) is 13.4.